The highest BCUT2D eigenvalue weighted by molar-refractivity contribution is 6.40. The van der Waals surface area contributed by atoms with Gasteiger partial charge in [0.25, 0.3) is 5.91 Å². The van der Waals surface area contributed by atoms with Gasteiger partial charge in [-0.05, 0) is 36.8 Å². The van der Waals surface area contributed by atoms with Crippen molar-refractivity contribution in [3.63, 3.8) is 0 Å². The fraction of sp³-hybridized carbons (Fsp3) is 0.158. The van der Waals surface area contributed by atoms with Crippen molar-refractivity contribution < 1.29 is 4.79 Å². The number of benzene rings is 1. The Labute approximate surface area is 181 Å². The van der Waals surface area contributed by atoms with Crippen molar-refractivity contribution in [3.05, 3.63) is 63.7 Å². The summed E-state index contributed by atoms with van der Waals surface area (Å²) >= 11 is 17.8. The Morgan fingerprint density at radius 3 is 2.62 bits per heavy atom. The Kier molecular flexibility index (Phi) is 5.71. The van der Waals surface area contributed by atoms with Crippen molar-refractivity contribution in [1.29, 1.82) is 0 Å². The van der Waals surface area contributed by atoms with E-state index < -0.39 is 0 Å². The third kappa shape index (κ3) is 4.22. The van der Waals surface area contributed by atoms with E-state index in [4.69, 9.17) is 34.8 Å². The molecule has 0 aliphatic rings. The average Bonchev–Trinajstić information content (AvgIpc) is 3.29. The van der Waals surface area contributed by atoms with Gasteiger partial charge in [-0.25, -0.2) is 15.0 Å². The monoisotopic (exact) mass is 448 g/mol. The van der Waals surface area contributed by atoms with Crippen molar-refractivity contribution >= 4 is 51.9 Å². The van der Waals surface area contributed by atoms with Crippen LogP contribution >= 0.6 is 34.8 Å². The lowest BCUT2D eigenvalue weighted by atomic mass is 10.2. The predicted molar refractivity (Wildman–Crippen MR) is 114 cm³/mol. The van der Waals surface area contributed by atoms with Gasteiger partial charge >= 0.3 is 0 Å². The van der Waals surface area contributed by atoms with E-state index in [9.17, 15) is 4.79 Å². The summed E-state index contributed by atoms with van der Waals surface area (Å²) in [6, 6.07) is 8.92. The highest BCUT2D eigenvalue weighted by Gasteiger charge is 2.15. The summed E-state index contributed by atoms with van der Waals surface area (Å²) in [5.41, 5.74) is 2.37. The number of hydrogen-bond acceptors (Lipinski definition) is 4. The number of rotatable bonds is 6. The van der Waals surface area contributed by atoms with E-state index in [0.717, 1.165) is 5.56 Å². The van der Waals surface area contributed by atoms with Crippen LogP contribution in [0.1, 0.15) is 16.8 Å². The van der Waals surface area contributed by atoms with Crippen LogP contribution in [-0.4, -0.2) is 37.0 Å². The zero-order chi connectivity index (χ0) is 20.4. The lowest BCUT2D eigenvalue weighted by molar-refractivity contribution is 0.0954. The summed E-state index contributed by atoms with van der Waals surface area (Å²) < 4.78 is 1.73. The molecule has 0 atom stereocenters. The maximum atomic E-state index is 12.7. The van der Waals surface area contributed by atoms with Crippen LogP contribution in [0.25, 0.3) is 22.6 Å². The van der Waals surface area contributed by atoms with Crippen molar-refractivity contribution in [2.24, 2.45) is 0 Å². The summed E-state index contributed by atoms with van der Waals surface area (Å²) in [5, 5.41) is 4.19. The molecule has 3 heterocycles. The molecule has 0 saturated heterocycles. The number of nitrogens with one attached hydrogen (secondary N) is 2. The number of H-pyrrole nitrogens is 1. The minimum atomic E-state index is -0.221. The fourth-order valence-corrected chi connectivity index (χ4v) is 3.34. The highest BCUT2D eigenvalue weighted by atomic mass is 35.5. The molecule has 4 rings (SSSR count). The van der Waals surface area contributed by atoms with E-state index in [0.29, 0.717) is 52.2 Å². The van der Waals surface area contributed by atoms with Gasteiger partial charge < -0.3 is 14.9 Å². The summed E-state index contributed by atoms with van der Waals surface area (Å²) in [6.07, 6.45) is 3.82. The number of pyridine rings is 1. The van der Waals surface area contributed by atoms with Crippen molar-refractivity contribution in [2.45, 2.75) is 13.0 Å². The molecule has 29 heavy (non-hydrogen) atoms. The smallest absolute Gasteiger partial charge is 0.253 e. The molecule has 0 saturated carbocycles. The summed E-state index contributed by atoms with van der Waals surface area (Å²) in [7, 11) is 0. The Morgan fingerprint density at radius 2 is 1.90 bits per heavy atom. The molecule has 3 aromatic heterocycles. The number of imidazole rings is 2. The second-order valence-electron chi connectivity index (χ2n) is 6.28. The van der Waals surface area contributed by atoms with E-state index in [1.165, 1.54) is 0 Å². The number of aromatic amines is 1. The summed E-state index contributed by atoms with van der Waals surface area (Å²) in [5.74, 6) is 0.400. The number of aryl methyl sites for hydroxylation is 1. The molecule has 148 valence electrons. The van der Waals surface area contributed by atoms with Gasteiger partial charge in [-0.1, -0.05) is 34.8 Å². The van der Waals surface area contributed by atoms with Gasteiger partial charge in [-0.2, -0.15) is 0 Å². The number of halogens is 3. The maximum Gasteiger partial charge on any atom is 0.253 e. The van der Waals surface area contributed by atoms with E-state index in [-0.39, 0.29) is 11.1 Å². The molecule has 10 heteroatoms. The van der Waals surface area contributed by atoms with Crippen LogP contribution in [0.15, 0.2) is 42.9 Å². The predicted octanol–water partition coefficient (Wildman–Crippen LogP) is 4.60. The van der Waals surface area contributed by atoms with E-state index in [1.807, 2.05) is 12.1 Å². The van der Waals surface area contributed by atoms with E-state index in [1.54, 1.807) is 35.3 Å². The van der Waals surface area contributed by atoms with Gasteiger partial charge in [0.15, 0.2) is 10.8 Å². The minimum Gasteiger partial charge on any atom is -0.352 e. The van der Waals surface area contributed by atoms with Gasteiger partial charge in [0.1, 0.15) is 16.5 Å². The standard InChI is InChI=1S/C19H15Cl3N6O/c20-12-4-2-11(3-5-12)17-26-14-13(6-8-23-18(14)27-17)19(29)24-7-1-9-28-10-25-15(21)16(28)22/h2-6,8,10H,1,7,9H2,(H,24,29)(H,23,26,27). The number of carbonyl (C=O) groups excluding carboxylic acids is 1. The molecule has 2 N–H and O–H groups in total. The molecule has 1 amide bonds. The van der Waals surface area contributed by atoms with Crippen LogP contribution in [-0.2, 0) is 6.54 Å². The van der Waals surface area contributed by atoms with Crippen LogP contribution in [0.3, 0.4) is 0 Å². The Hall–Kier alpha value is -2.61. The number of hydrogen-bond donors (Lipinski definition) is 2. The first-order valence-electron chi connectivity index (χ1n) is 8.78. The molecule has 0 spiro atoms. The molecular formula is C19H15Cl3N6O. The zero-order valence-corrected chi connectivity index (χ0v) is 17.3. The third-order valence-electron chi connectivity index (χ3n) is 4.34. The molecule has 0 aliphatic carbocycles. The Bertz CT molecular complexity index is 1170. The van der Waals surface area contributed by atoms with E-state index in [2.05, 4.69) is 25.3 Å². The molecule has 0 fully saturated rings. The topological polar surface area (TPSA) is 88.5 Å². The van der Waals surface area contributed by atoms with E-state index >= 15 is 0 Å². The average molecular weight is 450 g/mol. The van der Waals surface area contributed by atoms with Gasteiger partial charge in [0, 0.05) is 29.9 Å². The largest absolute Gasteiger partial charge is 0.352 e. The van der Waals surface area contributed by atoms with Gasteiger partial charge in [-0.15, -0.1) is 0 Å². The minimum absolute atomic E-state index is 0.221. The SMILES string of the molecule is O=C(NCCCn1cnc(Cl)c1Cl)c1ccnc2[nH]c(-c3ccc(Cl)cc3)nc12. The number of aromatic nitrogens is 5. The molecule has 7 nitrogen and oxygen atoms in total. The number of nitrogens with zero attached hydrogens (tertiary/aromatic N) is 4. The number of fused-ring (bicyclic) bond motifs is 1. The summed E-state index contributed by atoms with van der Waals surface area (Å²) in [6.45, 7) is 1.05. The lowest BCUT2D eigenvalue weighted by Crippen LogP contribution is -2.25. The molecule has 0 unspecified atom stereocenters. The fourth-order valence-electron chi connectivity index (χ4n) is 2.88. The molecular weight excluding hydrogens is 435 g/mol. The van der Waals surface area contributed by atoms with Gasteiger partial charge in [-0.3, -0.25) is 4.79 Å². The quantitative estimate of drug-likeness (QED) is 0.421. The molecule has 0 bridgehead atoms. The van der Waals surface area contributed by atoms with Crippen molar-refractivity contribution in [2.75, 3.05) is 6.54 Å². The summed E-state index contributed by atoms with van der Waals surface area (Å²) in [4.78, 5) is 28.6. The first-order valence-corrected chi connectivity index (χ1v) is 9.91. The molecule has 1 aromatic carbocycles. The van der Waals surface area contributed by atoms with Gasteiger partial charge in [0.05, 0.1) is 11.9 Å². The van der Waals surface area contributed by atoms with Crippen molar-refractivity contribution in [1.82, 2.24) is 29.8 Å². The Balaban J connectivity index is 1.46. The lowest BCUT2D eigenvalue weighted by Gasteiger charge is -2.07. The number of carbonyl (C=O) groups is 1. The van der Waals surface area contributed by atoms with Crippen LogP contribution in [0.4, 0.5) is 0 Å². The van der Waals surface area contributed by atoms with Gasteiger partial charge in [0.2, 0.25) is 0 Å². The highest BCUT2D eigenvalue weighted by Crippen LogP contribution is 2.23. The molecule has 0 aliphatic heterocycles. The molecule has 4 aromatic rings. The normalized spacial score (nSPS) is 11.1. The molecule has 0 radical (unpaired) electrons. The van der Waals surface area contributed by atoms with Crippen LogP contribution < -0.4 is 5.32 Å². The van der Waals surface area contributed by atoms with Crippen LogP contribution in [0, 0.1) is 0 Å². The first kappa shape index (κ1) is 19.7. The second kappa shape index (κ2) is 8.41. The van der Waals surface area contributed by atoms with Crippen LogP contribution in [0.5, 0.6) is 0 Å². The first-order chi connectivity index (χ1) is 14.0. The second-order valence-corrected chi connectivity index (χ2v) is 7.43. The van der Waals surface area contributed by atoms with Crippen molar-refractivity contribution in [3.8, 4) is 11.4 Å². The number of amides is 1. The third-order valence-corrected chi connectivity index (χ3v) is 5.36. The zero-order valence-electron chi connectivity index (χ0n) is 15.0. The Morgan fingerprint density at radius 1 is 1.10 bits per heavy atom. The maximum absolute atomic E-state index is 12.7. The van der Waals surface area contributed by atoms with Crippen LogP contribution in [0.2, 0.25) is 15.3 Å².